The van der Waals surface area contributed by atoms with Gasteiger partial charge in [-0.1, -0.05) is 0 Å². The fraction of sp³-hybridized carbons (Fsp3) is 0.357. The van der Waals surface area contributed by atoms with E-state index < -0.39 is 0 Å². The van der Waals surface area contributed by atoms with Crippen molar-refractivity contribution in [1.82, 2.24) is 9.55 Å². The van der Waals surface area contributed by atoms with Gasteiger partial charge in [-0.2, -0.15) is 0 Å². The maximum atomic E-state index is 5.68. The number of ether oxygens (including phenoxy) is 1. The first-order chi connectivity index (χ1) is 8.67. The molecule has 1 aromatic heterocycles. The third kappa shape index (κ3) is 2.24. The molecular weight excluding hydrogens is 226 g/mol. The number of imidazole rings is 1. The van der Waals surface area contributed by atoms with Crippen molar-refractivity contribution in [2.75, 3.05) is 6.61 Å². The van der Waals surface area contributed by atoms with E-state index in [1.54, 1.807) is 0 Å². The Balaban J connectivity index is 2.36. The van der Waals surface area contributed by atoms with Crippen LogP contribution < -0.4 is 10.5 Å². The molecule has 0 atom stereocenters. The van der Waals surface area contributed by atoms with E-state index in [-0.39, 0.29) is 0 Å². The van der Waals surface area contributed by atoms with Crippen molar-refractivity contribution in [3.63, 3.8) is 0 Å². The van der Waals surface area contributed by atoms with E-state index in [2.05, 4.69) is 9.55 Å². The predicted octanol–water partition coefficient (Wildman–Crippen LogP) is 2.25. The SMILES string of the molecule is CCOc1ccc(-c2nc(CN)c(C)n2C)cc1. The topological polar surface area (TPSA) is 53.1 Å². The molecule has 0 fully saturated rings. The Morgan fingerprint density at radius 1 is 1.28 bits per heavy atom. The molecule has 0 aliphatic carbocycles. The highest BCUT2D eigenvalue weighted by Gasteiger charge is 2.11. The molecule has 0 bridgehead atoms. The average molecular weight is 245 g/mol. The van der Waals surface area contributed by atoms with Crippen molar-refractivity contribution in [2.45, 2.75) is 20.4 Å². The van der Waals surface area contributed by atoms with E-state index in [1.807, 2.05) is 45.2 Å². The van der Waals surface area contributed by atoms with E-state index >= 15 is 0 Å². The van der Waals surface area contributed by atoms with Gasteiger partial charge >= 0.3 is 0 Å². The zero-order valence-electron chi connectivity index (χ0n) is 11.1. The van der Waals surface area contributed by atoms with Crippen LogP contribution >= 0.6 is 0 Å². The van der Waals surface area contributed by atoms with Crippen molar-refractivity contribution >= 4 is 0 Å². The summed E-state index contributed by atoms with van der Waals surface area (Å²) in [7, 11) is 2.01. The average Bonchev–Trinajstić information content (AvgIpc) is 2.68. The van der Waals surface area contributed by atoms with Crippen molar-refractivity contribution in [2.24, 2.45) is 12.8 Å². The summed E-state index contributed by atoms with van der Waals surface area (Å²) < 4.78 is 7.50. The molecule has 0 spiro atoms. The van der Waals surface area contributed by atoms with Crippen LogP contribution in [0.1, 0.15) is 18.3 Å². The third-order valence-electron chi connectivity index (χ3n) is 3.10. The lowest BCUT2D eigenvalue weighted by molar-refractivity contribution is 0.340. The van der Waals surface area contributed by atoms with Crippen LogP contribution in [0, 0.1) is 6.92 Å². The number of nitrogens with zero attached hydrogens (tertiary/aromatic N) is 2. The third-order valence-corrected chi connectivity index (χ3v) is 3.10. The number of hydrogen-bond donors (Lipinski definition) is 1. The van der Waals surface area contributed by atoms with Gasteiger partial charge in [0.25, 0.3) is 0 Å². The quantitative estimate of drug-likeness (QED) is 0.898. The van der Waals surface area contributed by atoms with Gasteiger partial charge < -0.3 is 15.0 Å². The number of nitrogens with two attached hydrogens (primary N) is 1. The molecule has 0 unspecified atom stereocenters. The van der Waals surface area contributed by atoms with Gasteiger partial charge in [-0.15, -0.1) is 0 Å². The Bertz CT molecular complexity index is 529. The second kappa shape index (κ2) is 5.23. The van der Waals surface area contributed by atoms with Crippen LogP contribution in [-0.4, -0.2) is 16.2 Å². The minimum Gasteiger partial charge on any atom is -0.494 e. The van der Waals surface area contributed by atoms with Crippen LogP contribution in [0.5, 0.6) is 5.75 Å². The lowest BCUT2D eigenvalue weighted by atomic mass is 10.2. The Kier molecular flexibility index (Phi) is 3.67. The van der Waals surface area contributed by atoms with Gasteiger partial charge in [-0.3, -0.25) is 0 Å². The molecule has 4 nitrogen and oxygen atoms in total. The summed E-state index contributed by atoms with van der Waals surface area (Å²) in [5.41, 5.74) is 8.81. The van der Waals surface area contributed by atoms with Crippen molar-refractivity contribution in [3.8, 4) is 17.1 Å². The lowest BCUT2D eigenvalue weighted by Crippen LogP contribution is -1.99. The van der Waals surface area contributed by atoms with Crippen LogP contribution in [0.2, 0.25) is 0 Å². The molecular formula is C14H19N3O. The summed E-state index contributed by atoms with van der Waals surface area (Å²) in [4.78, 5) is 4.57. The molecule has 2 rings (SSSR count). The molecule has 4 heteroatoms. The van der Waals surface area contributed by atoms with Crippen molar-refractivity contribution in [3.05, 3.63) is 35.7 Å². The van der Waals surface area contributed by atoms with E-state index in [1.165, 1.54) is 0 Å². The molecule has 0 aliphatic heterocycles. The summed E-state index contributed by atoms with van der Waals surface area (Å²) >= 11 is 0. The number of hydrogen-bond acceptors (Lipinski definition) is 3. The Morgan fingerprint density at radius 2 is 1.94 bits per heavy atom. The van der Waals surface area contributed by atoms with Gasteiger partial charge in [0.15, 0.2) is 0 Å². The maximum Gasteiger partial charge on any atom is 0.140 e. The van der Waals surface area contributed by atoms with Crippen LogP contribution in [0.15, 0.2) is 24.3 Å². The molecule has 96 valence electrons. The Hall–Kier alpha value is -1.81. The molecule has 1 aromatic carbocycles. The summed E-state index contributed by atoms with van der Waals surface area (Å²) in [5.74, 6) is 1.82. The zero-order valence-corrected chi connectivity index (χ0v) is 11.1. The largest absolute Gasteiger partial charge is 0.494 e. The predicted molar refractivity (Wildman–Crippen MR) is 72.4 cm³/mol. The Morgan fingerprint density at radius 3 is 2.44 bits per heavy atom. The smallest absolute Gasteiger partial charge is 0.140 e. The van der Waals surface area contributed by atoms with Crippen LogP contribution in [0.4, 0.5) is 0 Å². The van der Waals surface area contributed by atoms with E-state index in [9.17, 15) is 0 Å². The molecule has 1 heterocycles. The minimum atomic E-state index is 0.469. The van der Waals surface area contributed by atoms with Gasteiger partial charge in [0.05, 0.1) is 12.3 Å². The van der Waals surface area contributed by atoms with Gasteiger partial charge in [-0.25, -0.2) is 4.98 Å². The van der Waals surface area contributed by atoms with Gasteiger partial charge in [0.2, 0.25) is 0 Å². The Labute approximate surface area is 107 Å². The highest BCUT2D eigenvalue weighted by molar-refractivity contribution is 5.58. The van der Waals surface area contributed by atoms with Gasteiger partial charge in [0, 0.05) is 24.8 Å². The number of rotatable bonds is 4. The van der Waals surface area contributed by atoms with Gasteiger partial charge in [-0.05, 0) is 38.1 Å². The molecule has 2 aromatic rings. The van der Waals surface area contributed by atoms with Crippen LogP contribution in [-0.2, 0) is 13.6 Å². The first-order valence-electron chi connectivity index (χ1n) is 6.12. The van der Waals surface area contributed by atoms with Crippen LogP contribution in [0.25, 0.3) is 11.4 Å². The van der Waals surface area contributed by atoms with Crippen molar-refractivity contribution in [1.29, 1.82) is 0 Å². The summed E-state index contributed by atoms with van der Waals surface area (Å²) in [5, 5.41) is 0. The first-order valence-corrected chi connectivity index (χ1v) is 6.12. The highest BCUT2D eigenvalue weighted by Crippen LogP contribution is 2.23. The second-order valence-corrected chi connectivity index (χ2v) is 4.19. The minimum absolute atomic E-state index is 0.469. The molecule has 0 aliphatic rings. The monoisotopic (exact) mass is 245 g/mol. The van der Waals surface area contributed by atoms with E-state index in [0.717, 1.165) is 28.5 Å². The number of benzene rings is 1. The number of aromatic nitrogens is 2. The second-order valence-electron chi connectivity index (χ2n) is 4.19. The standard InChI is InChI=1S/C14H19N3O/c1-4-18-12-7-5-11(6-8-12)14-16-13(9-15)10(2)17(14)3/h5-8H,4,9,15H2,1-3H3. The van der Waals surface area contributed by atoms with Gasteiger partial charge in [0.1, 0.15) is 11.6 Å². The highest BCUT2D eigenvalue weighted by atomic mass is 16.5. The molecule has 0 amide bonds. The van der Waals surface area contributed by atoms with E-state index in [0.29, 0.717) is 13.2 Å². The van der Waals surface area contributed by atoms with E-state index in [4.69, 9.17) is 10.5 Å². The maximum absolute atomic E-state index is 5.68. The fourth-order valence-corrected chi connectivity index (χ4v) is 1.95. The fourth-order valence-electron chi connectivity index (χ4n) is 1.95. The molecule has 18 heavy (non-hydrogen) atoms. The summed E-state index contributed by atoms with van der Waals surface area (Å²) in [6.45, 7) is 5.16. The van der Waals surface area contributed by atoms with Crippen molar-refractivity contribution < 1.29 is 4.74 Å². The molecule has 2 N–H and O–H groups in total. The van der Waals surface area contributed by atoms with Crippen LogP contribution in [0.3, 0.4) is 0 Å². The normalized spacial score (nSPS) is 10.7. The molecule has 0 saturated heterocycles. The zero-order chi connectivity index (χ0) is 13.1. The summed E-state index contributed by atoms with van der Waals surface area (Å²) in [6.07, 6.45) is 0. The lowest BCUT2D eigenvalue weighted by Gasteiger charge is -2.05. The molecule has 0 saturated carbocycles. The first kappa shape index (κ1) is 12.6. The summed E-state index contributed by atoms with van der Waals surface area (Å²) in [6, 6.07) is 7.97. The molecule has 0 radical (unpaired) electrons.